The zero-order chi connectivity index (χ0) is 20.9. The van der Waals surface area contributed by atoms with Crippen molar-refractivity contribution < 1.29 is 4.79 Å². The predicted octanol–water partition coefficient (Wildman–Crippen LogP) is 5.34. The summed E-state index contributed by atoms with van der Waals surface area (Å²) in [7, 11) is 0. The topological polar surface area (TPSA) is 46.4 Å². The number of benzene rings is 3. The third-order valence-corrected chi connectivity index (χ3v) is 5.22. The minimum absolute atomic E-state index is 0.169. The number of nitrogens with zero attached hydrogens (tertiary/aromatic N) is 2. The van der Waals surface area contributed by atoms with Crippen LogP contribution in [0.1, 0.15) is 22.3 Å². The molecule has 0 radical (unpaired) electrons. The fourth-order valence-corrected chi connectivity index (χ4v) is 3.53. The molecule has 0 aliphatic carbocycles. The Balaban J connectivity index is 1.49. The van der Waals surface area contributed by atoms with Gasteiger partial charge in [-0.05, 0) is 36.2 Å². The standard InChI is InChI=1S/C25H22ClN3O/c1-18-6-8-20(9-7-18)16-29-17-21(23-4-2-3-5-24(23)29)15-27-28-25(30)14-19-10-12-22(26)13-11-19/h2-13,15,17H,14,16H2,1H3,(H,28,30)/b27-15-. The van der Waals surface area contributed by atoms with E-state index in [2.05, 4.69) is 64.6 Å². The number of aromatic nitrogens is 1. The zero-order valence-electron chi connectivity index (χ0n) is 16.7. The van der Waals surface area contributed by atoms with Crippen LogP contribution >= 0.6 is 11.6 Å². The molecule has 3 aromatic carbocycles. The predicted molar refractivity (Wildman–Crippen MR) is 123 cm³/mol. The van der Waals surface area contributed by atoms with Crippen LogP contribution in [0, 0.1) is 6.92 Å². The van der Waals surface area contributed by atoms with Crippen LogP contribution in [0.3, 0.4) is 0 Å². The molecule has 0 fully saturated rings. The quantitative estimate of drug-likeness (QED) is 0.335. The summed E-state index contributed by atoms with van der Waals surface area (Å²) in [5.41, 5.74) is 8.08. The van der Waals surface area contributed by atoms with Crippen molar-refractivity contribution in [3.63, 3.8) is 0 Å². The molecule has 1 amide bonds. The lowest BCUT2D eigenvalue weighted by Gasteiger charge is -2.06. The maximum Gasteiger partial charge on any atom is 0.244 e. The molecule has 0 saturated carbocycles. The van der Waals surface area contributed by atoms with Gasteiger partial charge >= 0.3 is 0 Å². The van der Waals surface area contributed by atoms with Crippen molar-refractivity contribution in [1.29, 1.82) is 0 Å². The third kappa shape index (κ3) is 4.78. The van der Waals surface area contributed by atoms with Gasteiger partial charge in [-0.3, -0.25) is 4.79 Å². The lowest BCUT2D eigenvalue weighted by Crippen LogP contribution is -2.19. The number of carbonyl (C=O) groups excluding carboxylic acids is 1. The van der Waals surface area contributed by atoms with Gasteiger partial charge in [-0.25, -0.2) is 5.43 Å². The van der Waals surface area contributed by atoms with Gasteiger partial charge in [-0.2, -0.15) is 5.10 Å². The number of aryl methyl sites for hydroxylation is 1. The molecular weight excluding hydrogens is 394 g/mol. The summed E-state index contributed by atoms with van der Waals surface area (Å²) in [5.74, 6) is -0.169. The highest BCUT2D eigenvalue weighted by Gasteiger charge is 2.08. The van der Waals surface area contributed by atoms with E-state index in [0.717, 1.165) is 28.6 Å². The van der Waals surface area contributed by atoms with E-state index < -0.39 is 0 Å². The fourth-order valence-electron chi connectivity index (χ4n) is 3.40. The van der Waals surface area contributed by atoms with Gasteiger partial charge in [-0.15, -0.1) is 0 Å². The van der Waals surface area contributed by atoms with Crippen LogP contribution in [0.15, 0.2) is 84.1 Å². The van der Waals surface area contributed by atoms with Gasteiger partial charge in [0.1, 0.15) is 0 Å². The summed E-state index contributed by atoms with van der Waals surface area (Å²) < 4.78 is 2.21. The zero-order valence-corrected chi connectivity index (χ0v) is 17.4. The molecule has 1 N–H and O–H groups in total. The average Bonchev–Trinajstić information content (AvgIpc) is 3.09. The molecule has 4 aromatic rings. The summed E-state index contributed by atoms with van der Waals surface area (Å²) in [4.78, 5) is 12.2. The van der Waals surface area contributed by atoms with E-state index in [-0.39, 0.29) is 12.3 Å². The highest BCUT2D eigenvalue weighted by Crippen LogP contribution is 2.21. The van der Waals surface area contributed by atoms with Gasteiger partial charge in [0.15, 0.2) is 0 Å². The van der Waals surface area contributed by atoms with E-state index in [0.29, 0.717) is 5.02 Å². The van der Waals surface area contributed by atoms with Crippen molar-refractivity contribution in [3.8, 4) is 0 Å². The van der Waals surface area contributed by atoms with Gasteiger partial charge in [0.25, 0.3) is 0 Å². The first-order chi connectivity index (χ1) is 14.6. The monoisotopic (exact) mass is 415 g/mol. The first-order valence-corrected chi connectivity index (χ1v) is 10.2. The highest BCUT2D eigenvalue weighted by molar-refractivity contribution is 6.30. The van der Waals surface area contributed by atoms with Crippen molar-refractivity contribution in [2.45, 2.75) is 19.9 Å². The minimum Gasteiger partial charge on any atom is -0.342 e. The Hall–Kier alpha value is -3.37. The number of nitrogens with one attached hydrogen (secondary N) is 1. The van der Waals surface area contributed by atoms with E-state index in [1.807, 2.05) is 24.3 Å². The Morgan fingerprint density at radius 3 is 2.47 bits per heavy atom. The Morgan fingerprint density at radius 2 is 1.70 bits per heavy atom. The Kier molecular flexibility index (Phi) is 5.96. The lowest BCUT2D eigenvalue weighted by atomic mass is 10.1. The second kappa shape index (κ2) is 8.97. The lowest BCUT2D eigenvalue weighted by molar-refractivity contribution is -0.120. The van der Waals surface area contributed by atoms with Gasteiger partial charge in [0.05, 0.1) is 12.6 Å². The second-order valence-electron chi connectivity index (χ2n) is 7.31. The van der Waals surface area contributed by atoms with Crippen LogP contribution in [0.2, 0.25) is 5.02 Å². The molecule has 0 bridgehead atoms. The number of hydrogen-bond donors (Lipinski definition) is 1. The van der Waals surface area contributed by atoms with Crippen molar-refractivity contribution in [2.75, 3.05) is 0 Å². The summed E-state index contributed by atoms with van der Waals surface area (Å²) in [6.07, 6.45) is 4.02. The Bertz CT molecular complexity index is 1190. The highest BCUT2D eigenvalue weighted by atomic mass is 35.5. The molecular formula is C25H22ClN3O. The van der Waals surface area contributed by atoms with E-state index in [4.69, 9.17) is 11.6 Å². The van der Waals surface area contributed by atoms with E-state index in [1.165, 1.54) is 11.1 Å². The summed E-state index contributed by atoms with van der Waals surface area (Å²) in [5, 5.41) is 5.92. The number of amides is 1. The number of fused-ring (bicyclic) bond motifs is 1. The number of carbonyl (C=O) groups is 1. The van der Waals surface area contributed by atoms with Gasteiger partial charge in [-0.1, -0.05) is 71.8 Å². The maximum atomic E-state index is 12.2. The van der Waals surface area contributed by atoms with E-state index in [1.54, 1.807) is 18.3 Å². The average molecular weight is 416 g/mol. The largest absolute Gasteiger partial charge is 0.342 e. The smallest absolute Gasteiger partial charge is 0.244 e. The van der Waals surface area contributed by atoms with Crippen LogP contribution in [-0.4, -0.2) is 16.7 Å². The summed E-state index contributed by atoms with van der Waals surface area (Å²) >= 11 is 5.88. The number of halogens is 1. The Labute approximate surface area is 180 Å². The van der Waals surface area contributed by atoms with Crippen LogP contribution in [-0.2, 0) is 17.8 Å². The molecule has 0 spiro atoms. The SMILES string of the molecule is Cc1ccc(Cn2cc(/C=N\NC(=O)Cc3ccc(Cl)cc3)c3ccccc32)cc1. The fraction of sp³-hybridized carbons (Fsp3) is 0.120. The van der Waals surface area contributed by atoms with Crippen LogP contribution in [0.4, 0.5) is 0 Å². The molecule has 4 rings (SSSR count). The van der Waals surface area contributed by atoms with E-state index >= 15 is 0 Å². The van der Waals surface area contributed by atoms with Crippen LogP contribution in [0.25, 0.3) is 10.9 Å². The van der Waals surface area contributed by atoms with Crippen LogP contribution < -0.4 is 5.43 Å². The Morgan fingerprint density at radius 1 is 1.00 bits per heavy atom. The van der Waals surface area contributed by atoms with Gasteiger partial charge in [0, 0.05) is 34.2 Å². The molecule has 0 atom stereocenters. The summed E-state index contributed by atoms with van der Waals surface area (Å²) in [6.45, 7) is 2.86. The molecule has 0 aliphatic rings. The number of rotatable bonds is 6. The molecule has 150 valence electrons. The molecule has 1 aromatic heterocycles. The first-order valence-electron chi connectivity index (χ1n) is 9.78. The van der Waals surface area contributed by atoms with Crippen molar-refractivity contribution in [1.82, 2.24) is 9.99 Å². The normalized spacial score (nSPS) is 11.3. The van der Waals surface area contributed by atoms with Crippen LogP contribution in [0.5, 0.6) is 0 Å². The molecule has 1 heterocycles. The summed E-state index contributed by atoms with van der Waals surface area (Å²) in [6, 6.07) is 24.0. The van der Waals surface area contributed by atoms with Gasteiger partial charge in [0.2, 0.25) is 5.91 Å². The number of para-hydroxylation sites is 1. The van der Waals surface area contributed by atoms with Crippen molar-refractivity contribution >= 4 is 34.6 Å². The number of hydrazone groups is 1. The molecule has 5 heteroatoms. The molecule has 4 nitrogen and oxygen atoms in total. The molecule has 0 saturated heterocycles. The third-order valence-electron chi connectivity index (χ3n) is 4.96. The first kappa shape index (κ1) is 19.9. The molecule has 30 heavy (non-hydrogen) atoms. The van der Waals surface area contributed by atoms with Crippen molar-refractivity contribution in [2.24, 2.45) is 5.10 Å². The molecule has 0 unspecified atom stereocenters. The minimum atomic E-state index is -0.169. The van der Waals surface area contributed by atoms with Crippen molar-refractivity contribution in [3.05, 3.63) is 106 Å². The maximum absolute atomic E-state index is 12.2. The second-order valence-corrected chi connectivity index (χ2v) is 7.75. The molecule has 0 aliphatic heterocycles. The number of hydrogen-bond acceptors (Lipinski definition) is 2. The van der Waals surface area contributed by atoms with E-state index in [9.17, 15) is 4.79 Å². The van der Waals surface area contributed by atoms with Gasteiger partial charge < -0.3 is 4.57 Å².